The first-order chi connectivity index (χ1) is 9.18. The predicted molar refractivity (Wildman–Crippen MR) is 76.3 cm³/mol. The molecule has 0 spiro atoms. The molecule has 0 unspecified atom stereocenters. The zero-order valence-electron chi connectivity index (χ0n) is 10.8. The van der Waals surface area contributed by atoms with Gasteiger partial charge >= 0.3 is 0 Å². The molecule has 0 fully saturated rings. The number of amides is 1. The van der Waals surface area contributed by atoms with Crippen molar-refractivity contribution in [2.24, 2.45) is 5.73 Å². The molecule has 1 aliphatic rings. The summed E-state index contributed by atoms with van der Waals surface area (Å²) in [4.78, 5) is 13.8. The maximum Gasteiger partial charge on any atom is 0.228 e. The second kappa shape index (κ2) is 4.52. The highest BCUT2D eigenvalue weighted by Crippen LogP contribution is 2.38. The third-order valence-corrected chi connectivity index (χ3v) is 3.56. The number of rotatable bonds is 0. The second-order valence-corrected chi connectivity index (χ2v) is 4.85. The molecule has 3 rings (SSSR count). The van der Waals surface area contributed by atoms with Crippen LogP contribution in [0.3, 0.4) is 0 Å². The Morgan fingerprint density at radius 2 is 1.74 bits per heavy atom. The van der Waals surface area contributed by atoms with Gasteiger partial charge in [0.2, 0.25) is 5.91 Å². The van der Waals surface area contributed by atoms with Gasteiger partial charge in [0.25, 0.3) is 0 Å². The van der Waals surface area contributed by atoms with Crippen LogP contribution in [0, 0.1) is 0 Å². The summed E-state index contributed by atoms with van der Waals surface area (Å²) < 4.78 is 0. The minimum atomic E-state index is -0.0818. The van der Waals surface area contributed by atoms with Crippen LogP contribution in [-0.2, 0) is 11.2 Å². The van der Waals surface area contributed by atoms with Crippen molar-refractivity contribution in [2.45, 2.75) is 19.4 Å². The van der Waals surface area contributed by atoms with Crippen molar-refractivity contribution in [3.63, 3.8) is 0 Å². The topological polar surface area (TPSA) is 46.3 Å². The van der Waals surface area contributed by atoms with Crippen LogP contribution >= 0.6 is 0 Å². The number of nitrogens with two attached hydrogens (primary N) is 1. The first-order valence-electron chi connectivity index (χ1n) is 6.41. The van der Waals surface area contributed by atoms with Gasteiger partial charge in [-0.25, -0.2) is 0 Å². The third-order valence-electron chi connectivity index (χ3n) is 3.56. The van der Waals surface area contributed by atoms with Gasteiger partial charge in [-0.1, -0.05) is 36.4 Å². The van der Waals surface area contributed by atoms with E-state index in [0.717, 1.165) is 28.9 Å². The van der Waals surface area contributed by atoms with E-state index in [1.165, 1.54) is 0 Å². The van der Waals surface area contributed by atoms with Gasteiger partial charge in [0.05, 0.1) is 11.4 Å². The van der Waals surface area contributed by atoms with Crippen LogP contribution in [0.5, 0.6) is 0 Å². The molecule has 0 saturated carbocycles. The molecule has 2 aromatic rings. The highest BCUT2D eigenvalue weighted by atomic mass is 16.2. The van der Waals surface area contributed by atoms with Gasteiger partial charge < -0.3 is 5.73 Å². The Morgan fingerprint density at radius 3 is 2.47 bits per heavy atom. The highest BCUT2D eigenvalue weighted by Gasteiger charge is 2.26. The molecule has 1 amide bonds. The minimum Gasteiger partial charge on any atom is -0.324 e. The molecule has 1 heterocycles. The molecule has 96 valence electrons. The van der Waals surface area contributed by atoms with Crippen LogP contribution in [-0.4, -0.2) is 5.91 Å². The Labute approximate surface area is 112 Å². The maximum atomic E-state index is 12.1. The lowest BCUT2D eigenvalue weighted by molar-refractivity contribution is -0.115. The number of carbonyl (C=O) groups is 1. The Hall–Kier alpha value is -2.13. The molecule has 1 atom stereocenters. The van der Waals surface area contributed by atoms with Gasteiger partial charge in [-0.05, 0) is 29.7 Å². The van der Waals surface area contributed by atoms with E-state index < -0.39 is 0 Å². The van der Waals surface area contributed by atoms with E-state index in [0.29, 0.717) is 0 Å². The smallest absolute Gasteiger partial charge is 0.228 e. The maximum absolute atomic E-state index is 12.1. The Morgan fingerprint density at radius 1 is 1.11 bits per heavy atom. The monoisotopic (exact) mass is 252 g/mol. The van der Waals surface area contributed by atoms with Gasteiger partial charge in [0, 0.05) is 13.0 Å². The van der Waals surface area contributed by atoms with E-state index in [4.69, 9.17) is 5.73 Å². The summed E-state index contributed by atoms with van der Waals surface area (Å²) in [5.74, 6) is 0.00833. The molecule has 0 radical (unpaired) electrons. The zero-order chi connectivity index (χ0) is 13.4. The van der Waals surface area contributed by atoms with Gasteiger partial charge in [-0.2, -0.15) is 0 Å². The summed E-state index contributed by atoms with van der Waals surface area (Å²) in [6.45, 7) is 1.59. The van der Waals surface area contributed by atoms with E-state index in [2.05, 4.69) is 0 Å². The fourth-order valence-electron chi connectivity index (χ4n) is 2.72. The zero-order valence-corrected chi connectivity index (χ0v) is 10.8. The Kier molecular flexibility index (Phi) is 2.84. The summed E-state index contributed by atoms with van der Waals surface area (Å²) in [5, 5.41) is 0. The molecule has 0 saturated heterocycles. The first kappa shape index (κ1) is 11.9. The molecule has 0 aliphatic carbocycles. The van der Waals surface area contributed by atoms with Crippen molar-refractivity contribution < 1.29 is 4.79 Å². The van der Waals surface area contributed by atoms with Gasteiger partial charge in [-0.3, -0.25) is 9.69 Å². The van der Waals surface area contributed by atoms with E-state index in [-0.39, 0.29) is 11.9 Å². The quantitative estimate of drug-likeness (QED) is 0.783. The standard InChI is InChI=1S/C16H16N2O/c1-11(19)18-15-8-4-2-6-12(15)10-14(17)13-7-3-5-9-16(13)18/h2-9,14H,10,17H2,1H3/t14-/m1/s1. The fourth-order valence-corrected chi connectivity index (χ4v) is 2.72. The summed E-state index contributed by atoms with van der Waals surface area (Å²) in [6.07, 6.45) is 0.747. The molecule has 2 N–H and O–H groups in total. The molecule has 3 nitrogen and oxygen atoms in total. The molecule has 3 heteroatoms. The minimum absolute atomic E-state index is 0.00833. The SMILES string of the molecule is CC(=O)N1c2ccccc2C[C@@H](N)c2ccccc21. The van der Waals surface area contributed by atoms with E-state index >= 15 is 0 Å². The molecule has 2 aromatic carbocycles. The largest absolute Gasteiger partial charge is 0.324 e. The number of anilines is 2. The van der Waals surface area contributed by atoms with Crippen molar-refractivity contribution in [2.75, 3.05) is 4.90 Å². The van der Waals surface area contributed by atoms with Gasteiger partial charge in [0.1, 0.15) is 0 Å². The summed E-state index contributed by atoms with van der Waals surface area (Å²) in [6, 6.07) is 15.7. The lowest BCUT2D eigenvalue weighted by atomic mass is 10.00. The summed E-state index contributed by atoms with van der Waals surface area (Å²) >= 11 is 0. The second-order valence-electron chi connectivity index (χ2n) is 4.85. The lowest BCUT2D eigenvalue weighted by Gasteiger charge is -2.23. The van der Waals surface area contributed by atoms with Crippen molar-refractivity contribution in [1.82, 2.24) is 0 Å². The molecular weight excluding hydrogens is 236 g/mol. The Bertz CT molecular complexity index is 636. The molecule has 19 heavy (non-hydrogen) atoms. The van der Waals surface area contributed by atoms with Crippen molar-refractivity contribution in [3.8, 4) is 0 Å². The van der Waals surface area contributed by atoms with Crippen molar-refractivity contribution in [1.29, 1.82) is 0 Å². The average molecular weight is 252 g/mol. The van der Waals surface area contributed by atoms with E-state index in [9.17, 15) is 4.79 Å². The van der Waals surface area contributed by atoms with Crippen LogP contribution in [0.15, 0.2) is 48.5 Å². The number of hydrogen-bond donors (Lipinski definition) is 1. The van der Waals surface area contributed by atoms with Crippen LogP contribution in [0.25, 0.3) is 0 Å². The van der Waals surface area contributed by atoms with Gasteiger partial charge in [-0.15, -0.1) is 0 Å². The summed E-state index contributed by atoms with van der Waals surface area (Å²) in [5.41, 5.74) is 10.3. The fraction of sp³-hybridized carbons (Fsp3) is 0.188. The number of benzene rings is 2. The Balaban J connectivity index is 2.28. The normalized spacial score (nSPS) is 17.4. The lowest BCUT2D eigenvalue weighted by Crippen LogP contribution is -2.24. The first-order valence-corrected chi connectivity index (χ1v) is 6.41. The molecular formula is C16H16N2O. The van der Waals surface area contributed by atoms with E-state index in [1.807, 2.05) is 48.5 Å². The van der Waals surface area contributed by atoms with Crippen LogP contribution < -0.4 is 10.6 Å². The highest BCUT2D eigenvalue weighted by molar-refractivity contribution is 6.01. The van der Waals surface area contributed by atoms with Crippen LogP contribution in [0.4, 0.5) is 11.4 Å². The van der Waals surface area contributed by atoms with Crippen LogP contribution in [0.1, 0.15) is 24.1 Å². The molecule has 1 aliphatic heterocycles. The van der Waals surface area contributed by atoms with Gasteiger partial charge in [0.15, 0.2) is 0 Å². The molecule has 0 bridgehead atoms. The van der Waals surface area contributed by atoms with Crippen molar-refractivity contribution in [3.05, 3.63) is 59.7 Å². The molecule has 0 aromatic heterocycles. The summed E-state index contributed by atoms with van der Waals surface area (Å²) in [7, 11) is 0. The van der Waals surface area contributed by atoms with Crippen LogP contribution in [0.2, 0.25) is 0 Å². The third kappa shape index (κ3) is 1.92. The van der Waals surface area contributed by atoms with E-state index in [1.54, 1.807) is 11.8 Å². The number of para-hydroxylation sites is 2. The average Bonchev–Trinajstić information content (AvgIpc) is 2.53. The number of fused-ring (bicyclic) bond motifs is 2. The van der Waals surface area contributed by atoms with Crippen molar-refractivity contribution >= 4 is 17.3 Å². The predicted octanol–water partition coefficient (Wildman–Crippen LogP) is 2.93. The number of nitrogens with zero attached hydrogens (tertiary/aromatic N) is 1. The number of carbonyl (C=O) groups excluding carboxylic acids is 1. The number of hydrogen-bond acceptors (Lipinski definition) is 2.